The molecule has 3 aromatic carbocycles. The van der Waals surface area contributed by atoms with E-state index in [4.69, 9.17) is 23.2 Å². The molecule has 0 spiro atoms. The third-order valence-electron chi connectivity index (χ3n) is 4.92. The molecule has 0 radical (unpaired) electrons. The van der Waals surface area contributed by atoms with Crippen molar-refractivity contribution >= 4 is 52.1 Å². The van der Waals surface area contributed by atoms with Gasteiger partial charge in [-0.05, 0) is 53.6 Å². The van der Waals surface area contributed by atoms with E-state index in [2.05, 4.69) is 11.8 Å². The van der Waals surface area contributed by atoms with Crippen LogP contribution in [0.1, 0.15) is 27.0 Å². The van der Waals surface area contributed by atoms with E-state index in [0.29, 0.717) is 38.8 Å². The van der Waals surface area contributed by atoms with Crippen LogP contribution in [-0.2, 0) is 17.8 Å². The van der Waals surface area contributed by atoms with E-state index in [1.807, 2.05) is 0 Å². The molecular formula is C25H16Cl2FNO2S. The van der Waals surface area contributed by atoms with Gasteiger partial charge in [0.25, 0.3) is 0 Å². The Morgan fingerprint density at radius 1 is 1.06 bits per heavy atom. The fraction of sp³-hybridized carbons (Fsp3) is 0.0800. The summed E-state index contributed by atoms with van der Waals surface area (Å²) in [6, 6.07) is 16.3. The minimum Gasteiger partial charge on any atom is -0.588 e. The summed E-state index contributed by atoms with van der Waals surface area (Å²) in [6.45, 7) is 0. The number of allylic oxidation sites excluding steroid dienone is 1. The normalized spacial score (nSPS) is 16.5. The number of carbonyl (C=O) groups is 1. The van der Waals surface area contributed by atoms with Gasteiger partial charge in [0.1, 0.15) is 17.2 Å². The van der Waals surface area contributed by atoms with Gasteiger partial charge in [0.2, 0.25) is 10.7 Å². The number of halogens is 3. The number of rotatable bonds is 2. The standard InChI is InChI=1S/C25H16Cl2FNO2S/c1-29-23-12-8-17(4-2-3-16-5-9-19(28)10-6-16)13-20(23)25(30)24(32(29)31)15-18-7-11-21(26)22(27)14-18/h5-15H,3H2,1H3/b24-15-. The molecule has 0 N–H and O–H groups in total. The lowest BCUT2D eigenvalue weighted by Gasteiger charge is -2.29. The molecule has 7 heteroatoms. The van der Waals surface area contributed by atoms with Gasteiger partial charge in [-0.3, -0.25) is 4.79 Å². The van der Waals surface area contributed by atoms with Crippen LogP contribution in [0.15, 0.2) is 65.6 Å². The number of nitrogens with zero attached hydrogens (tertiary/aromatic N) is 1. The van der Waals surface area contributed by atoms with Crippen molar-refractivity contribution in [2.75, 3.05) is 11.4 Å². The summed E-state index contributed by atoms with van der Waals surface area (Å²) >= 11 is 10.4. The van der Waals surface area contributed by atoms with Crippen LogP contribution in [0.25, 0.3) is 6.08 Å². The Balaban J connectivity index is 1.64. The van der Waals surface area contributed by atoms with Gasteiger partial charge in [-0.1, -0.05) is 53.2 Å². The Morgan fingerprint density at radius 3 is 2.53 bits per heavy atom. The topological polar surface area (TPSA) is 43.4 Å². The molecule has 32 heavy (non-hydrogen) atoms. The number of carbonyl (C=O) groups excluding carboxylic acids is 1. The predicted molar refractivity (Wildman–Crippen MR) is 129 cm³/mol. The molecule has 1 atom stereocenters. The lowest BCUT2D eigenvalue weighted by molar-refractivity contribution is 0.104. The van der Waals surface area contributed by atoms with E-state index in [-0.39, 0.29) is 16.5 Å². The number of hydrogen-bond donors (Lipinski definition) is 0. The van der Waals surface area contributed by atoms with Crippen molar-refractivity contribution in [3.63, 3.8) is 0 Å². The molecule has 0 saturated heterocycles. The van der Waals surface area contributed by atoms with Crippen molar-refractivity contribution in [3.8, 4) is 11.8 Å². The van der Waals surface area contributed by atoms with Crippen molar-refractivity contribution < 1.29 is 13.7 Å². The van der Waals surface area contributed by atoms with E-state index in [1.165, 1.54) is 12.1 Å². The van der Waals surface area contributed by atoms with Crippen molar-refractivity contribution in [2.45, 2.75) is 6.42 Å². The first kappa shape index (κ1) is 22.4. The van der Waals surface area contributed by atoms with Crippen molar-refractivity contribution in [1.82, 2.24) is 0 Å². The van der Waals surface area contributed by atoms with Crippen molar-refractivity contribution in [1.29, 1.82) is 0 Å². The van der Waals surface area contributed by atoms with Gasteiger partial charge >= 0.3 is 0 Å². The summed E-state index contributed by atoms with van der Waals surface area (Å²) in [7, 11) is 1.67. The van der Waals surface area contributed by atoms with E-state index in [0.717, 1.165) is 5.56 Å². The summed E-state index contributed by atoms with van der Waals surface area (Å²) in [4.78, 5) is 13.3. The minimum atomic E-state index is -1.66. The fourth-order valence-electron chi connectivity index (χ4n) is 3.24. The average molecular weight is 484 g/mol. The fourth-order valence-corrected chi connectivity index (χ4v) is 4.68. The zero-order chi connectivity index (χ0) is 22.8. The quantitative estimate of drug-likeness (QED) is 0.252. The summed E-state index contributed by atoms with van der Waals surface area (Å²) in [5, 5.41) is 0.749. The van der Waals surface area contributed by atoms with E-state index in [1.54, 1.807) is 66.0 Å². The van der Waals surface area contributed by atoms with Crippen LogP contribution in [0.2, 0.25) is 10.0 Å². The van der Waals surface area contributed by atoms with Crippen LogP contribution < -0.4 is 4.31 Å². The Labute approximate surface area is 198 Å². The highest BCUT2D eigenvalue weighted by Gasteiger charge is 2.38. The second-order valence-corrected chi connectivity index (χ2v) is 9.40. The Morgan fingerprint density at radius 2 is 1.81 bits per heavy atom. The van der Waals surface area contributed by atoms with Gasteiger partial charge in [0.05, 0.1) is 28.3 Å². The molecule has 1 unspecified atom stereocenters. The second kappa shape index (κ2) is 9.40. The first-order chi connectivity index (χ1) is 15.3. The molecule has 0 saturated carbocycles. The molecule has 1 aliphatic rings. The minimum absolute atomic E-state index is 0.148. The summed E-state index contributed by atoms with van der Waals surface area (Å²) < 4.78 is 27.5. The lowest BCUT2D eigenvalue weighted by atomic mass is 10.0. The number of ketones is 1. The number of benzene rings is 3. The van der Waals surface area contributed by atoms with Crippen LogP contribution in [0.3, 0.4) is 0 Å². The molecule has 0 amide bonds. The third-order valence-corrected chi connectivity index (χ3v) is 7.03. The summed E-state index contributed by atoms with van der Waals surface area (Å²) in [5.41, 5.74) is 3.18. The third kappa shape index (κ3) is 4.69. The van der Waals surface area contributed by atoms with Crippen LogP contribution in [-0.4, -0.2) is 17.4 Å². The molecule has 0 aromatic heterocycles. The van der Waals surface area contributed by atoms with Crippen LogP contribution in [0, 0.1) is 17.7 Å². The molecule has 3 aromatic rings. The SMILES string of the molecule is CN1c2ccc(C#CCc3ccc(F)cc3)cc2C(=O)/C(=C/c2ccc(Cl)c(Cl)c2)[S+]1[O-]. The molecule has 1 heterocycles. The Bertz CT molecular complexity index is 1300. The zero-order valence-corrected chi connectivity index (χ0v) is 19.2. The number of Topliss-reactive ketones (excluding diaryl/α,β-unsaturated/α-hetero) is 1. The highest BCUT2D eigenvalue weighted by molar-refractivity contribution is 7.97. The second-order valence-electron chi connectivity index (χ2n) is 7.09. The monoisotopic (exact) mass is 483 g/mol. The zero-order valence-electron chi connectivity index (χ0n) is 16.9. The number of anilines is 1. The van der Waals surface area contributed by atoms with Gasteiger partial charge in [0.15, 0.2) is 0 Å². The molecule has 0 bridgehead atoms. The number of hydrogen-bond acceptors (Lipinski definition) is 3. The maximum Gasteiger partial charge on any atom is 0.245 e. The van der Waals surface area contributed by atoms with Gasteiger partial charge in [-0.2, -0.15) is 4.31 Å². The summed E-state index contributed by atoms with van der Waals surface area (Å²) in [5.74, 6) is 5.46. The lowest BCUT2D eigenvalue weighted by Crippen LogP contribution is -2.36. The largest absolute Gasteiger partial charge is 0.588 e. The maximum absolute atomic E-state index is 13.2. The van der Waals surface area contributed by atoms with Gasteiger partial charge < -0.3 is 4.55 Å². The number of fused-ring (bicyclic) bond motifs is 1. The van der Waals surface area contributed by atoms with Gasteiger partial charge in [0, 0.05) is 18.1 Å². The van der Waals surface area contributed by atoms with E-state index in [9.17, 15) is 13.7 Å². The van der Waals surface area contributed by atoms with Crippen LogP contribution in [0.5, 0.6) is 0 Å². The maximum atomic E-state index is 13.2. The predicted octanol–water partition coefficient (Wildman–Crippen LogP) is 6.06. The van der Waals surface area contributed by atoms with Crippen molar-refractivity contribution in [2.24, 2.45) is 0 Å². The molecule has 160 valence electrons. The molecular weight excluding hydrogens is 468 g/mol. The summed E-state index contributed by atoms with van der Waals surface area (Å²) in [6.07, 6.45) is 2.02. The van der Waals surface area contributed by atoms with Gasteiger partial charge in [-0.25, -0.2) is 4.39 Å². The molecule has 0 fully saturated rings. The Hall–Kier alpha value is -2.75. The highest BCUT2D eigenvalue weighted by atomic mass is 35.5. The first-order valence-electron chi connectivity index (χ1n) is 9.58. The molecule has 0 aliphatic carbocycles. The first-order valence-corrected chi connectivity index (χ1v) is 11.4. The van der Waals surface area contributed by atoms with E-state index >= 15 is 0 Å². The van der Waals surface area contributed by atoms with E-state index < -0.39 is 11.4 Å². The molecule has 3 nitrogen and oxygen atoms in total. The highest BCUT2D eigenvalue weighted by Crippen LogP contribution is 2.36. The average Bonchev–Trinajstić information content (AvgIpc) is 2.79. The Kier molecular flexibility index (Phi) is 6.59. The molecule has 4 rings (SSSR count). The van der Waals surface area contributed by atoms with Gasteiger partial charge in [-0.15, -0.1) is 0 Å². The van der Waals surface area contributed by atoms with Crippen LogP contribution >= 0.6 is 23.2 Å². The smallest absolute Gasteiger partial charge is 0.245 e. The molecule has 1 aliphatic heterocycles. The van der Waals surface area contributed by atoms with Crippen molar-refractivity contribution in [3.05, 3.63) is 104 Å². The van der Waals surface area contributed by atoms with Crippen LogP contribution in [0.4, 0.5) is 10.1 Å².